The molecular weight excluding hydrogens is 246 g/mol. The second-order valence-corrected chi connectivity index (χ2v) is 4.65. The molecule has 0 aromatic heterocycles. The standard InChI is InChI=1S/C11H18ClNO4/c1-4-8-6-17-11(2,3)13(8)9(14)7-16-10(15)5-12/h8H,4-7H2,1-3H3. The fraction of sp³-hybridized carbons (Fsp3) is 0.818. The minimum Gasteiger partial charge on any atom is -0.455 e. The van der Waals surface area contributed by atoms with Crippen LogP contribution in [0.4, 0.5) is 0 Å². The van der Waals surface area contributed by atoms with Crippen LogP contribution in [0.1, 0.15) is 27.2 Å². The highest BCUT2D eigenvalue weighted by Crippen LogP contribution is 2.28. The Labute approximate surface area is 106 Å². The van der Waals surface area contributed by atoms with Gasteiger partial charge in [-0.3, -0.25) is 9.59 Å². The molecule has 17 heavy (non-hydrogen) atoms. The van der Waals surface area contributed by atoms with Crippen LogP contribution in [0.2, 0.25) is 0 Å². The van der Waals surface area contributed by atoms with E-state index < -0.39 is 11.7 Å². The van der Waals surface area contributed by atoms with E-state index in [0.29, 0.717) is 6.61 Å². The number of hydrogen-bond acceptors (Lipinski definition) is 4. The molecular formula is C11H18ClNO4. The van der Waals surface area contributed by atoms with Crippen LogP contribution in [0.3, 0.4) is 0 Å². The normalized spacial score (nSPS) is 22.6. The predicted molar refractivity (Wildman–Crippen MR) is 62.6 cm³/mol. The van der Waals surface area contributed by atoms with Crippen molar-refractivity contribution in [1.82, 2.24) is 4.90 Å². The van der Waals surface area contributed by atoms with Crippen LogP contribution in [0.5, 0.6) is 0 Å². The summed E-state index contributed by atoms with van der Waals surface area (Å²) in [6, 6.07) is 0.0344. The van der Waals surface area contributed by atoms with Crippen molar-refractivity contribution in [3.8, 4) is 0 Å². The molecule has 1 amide bonds. The van der Waals surface area contributed by atoms with Gasteiger partial charge in [0.15, 0.2) is 6.61 Å². The van der Waals surface area contributed by atoms with Crippen molar-refractivity contribution in [1.29, 1.82) is 0 Å². The van der Waals surface area contributed by atoms with E-state index in [9.17, 15) is 9.59 Å². The lowest BCUT2D eigenvalue weighted by Gasteiger charge is -2.33. The average molecular weight is 264 g/mol. The SMILES string of the molecule is CCC1COC(C)(C)N1C(=O)COC(=O)CCl. The van der Waals surface area contributed by atoms with Crippen LogP contribution < -0.4 is 0 Å². The summed E-state index contributed by atoms with van der Waals surface area (Å²) >= 11 is 5.28. The predicted octanol–water partition coefficient (Wildman–Crippen LogP) is 1.14. The smallest absolute Gasteiger partial charge is 0.321 e. The number of halogens is 1. The highest BCUT2D eigenvalue weighted by atomic mass is 35.5. The number of ether oxygens (including phenoxy) is 2. The summed E-state index contributed by atoms with van der Waals surface area (Å²) in [7, 11) is 0. The summed E-state index contributed by atoms with van der Waals surface area (Å²) < 4.78 is 10.3. The van der Waals surface area contributed by atoms with Crippen LogP contribution in [0.25, 0.3) is 0 Å². The van der Waals surface area contributed by atoms with Crippen molar-refractivity contribution >= 4 is 23.5 Å². The van der Waals surface area contributed by atoms with E-state index >= 15 is 0 Å². The molecule has 1 aliphatic heterocycles. The van der Waals surface area contributed by atoms with Gasteiger partial charge in [-0.2, -0.15) is 0 Å². The summed E-state index contributed by atoms with van der Waals surface area (Å²) in [4.78, 5) is 24.5. The van der Waals surface area contributed by atoms with E-state index in [4.69, 9.17) is 21.1 Å². The Morgan fingerprint density at radius 3 is 2.71 bits per heavy atom. The summed E-state index contributed by atoms with van der Waals surface area (Å²) in [5.41, 5.74) is -0.648. The molecule has 0 spiro atoms. The van der Waals surface area contributed by atoms with E-state index in [1.165, 1.54) is 0 Å². The molecule has 5 nitrogen and oxygen atoms in total. The third kappa shape index (κ3) is 3.33. The van der Waals surface area contributed by atoms with Crippen LogP contribution in [0, 0.1) is 0 Å². The molecule has 98 valence electrons. The van der Waals surface area contributed by atoms with Crippen molar-refractivity contribution < 1.29 is 19.1 Å². The molecule has 0 aromatic rings. The number of esters is 1. The molecule has 0 aromatic carbocycles. The summed E-state index contributed by atoms with van der Waals surface area (Å²) in [5, 5.41) is 0. The van der Waals surface area contributed by atoms with Gasteiger partial charge in [0.2, 0.25) is 0 Å². The van der Waals surface area contributed by atoms with Crippen molar-refractivity contribution in [2.24, 2.45) is 0 Å². The highest BCUT2D eigenvalue weighted by molar-refractivity contribution is 6.26. The van der Waals surface area contributed by atoms with E-state index in [2.05, 4.69) is 0 Å². The van der Waals surface area contributed by atoms with Gasteiger partial charge in [-0.25, -0.2) is 0 Å². The molecule has 0 saturated carbocycles. The van der Waals surface area contributed by atoms with Crippen LogP contribution in [-0.4, -0.2) is 47.6 Å². The van der Waals surface area contributed by atoms with Gasteiger partial charge < -0.3 is 14.4 Å². The molecule has 1 unspecified atom stereocenters. The van der Waals surface area contributed by atoms with E-state index in [-0.39, 0.29) is 24.4 Å². The fourth-order valence-corrected chi connectivity index (χ4v) is 2.02. The van der Waals surface area contributed by atoms with Crippen molar-refractivity contribution in [2.75, 3.05) is 19.1 Å². The lowest BCUT2D eigenvalue weighted by Crippen LogP contribution is -2.49. The molecule has 0 N–H and O–H groups in total. The molecule has 0 radical (unpaired) electrons. The lowest BCUT2D eigenvalue weighted by atomic mass is 10.1. The first kappa shape index (κ1) is 14.3. The monoisotopic (exact) mass is 263 g/mol. The van der Waals surface area contributed by atoms with Gasteiger partial charge in [0, 0.05) is 0 Å². The highest BCUT2D eigenvalue weighted by Gasteiger charge is 2.42. The molecule has 0 bridgehead atoms. The zero-order valence-electron chi connectivity index (χ0n) is 10.4. The van der Waals surface area contributed by atoms with Crippen LogP contribution in [-0.2, 0) is 19.1 Å². The number of carbonyl (C=O) groups excluding carboxylic acids is 2. The quantitative estimate of drug-likeness (QED) is 0.564. The topological polar surface area (TPSA) is 55.8 Å². The number of hydrogen-bond donors (Lipinski definition) is 0. The molecule has 6 heteroatoms. The van der Waals surface area contributed by atoms with Gasteiger partial charge in [-0.15, -0.1) is 11.6 Å². The maximum absolute atomic E-state index is 12.0. The van der Waals surface area contributed by atoms with E-state index in [1.54, 1.807) is 4.90 Å². The number of alkyl halides is 1. The minimum absolute atomic E-state index is 0.0344. The zero-order chi connectivity index (χ0) is 13.1. The van der Waals surface area contributed by atoms with Gasteiger partial charge in [0.25, 0.3) is 5.91 Å². The molecule has 1 heterocycles. The van der Waals surface area contributed by atoms with E-state index in [1.807, 2.05) is 20.8 Å². The Balaban J connectivity index is 2.62. The first-order valence-corrected chi connectivity index (χ1v) is 6.13. The van der Waals surface area contributed by atoms with Gasteiger partial charge in [0.1, 0.15) is 11.6 Å². The molecule has 1 atom stereocenters. The number of amides is 1. The van der Waals surface area contributed by atoms with Gasteiger partial charge in [-0.1, -0.05) is 6.92 Å². The lowest BCUT2D eigenvalue weighted by molar-refractivity contribution is -0.158. The summed E-state index contributed by atoms with van der Waals surface area (Å²) in [6.07, 6.45) is 0.804. The minimum atomic E-state index is -0.648. The summed E-state index contributed by atoms with van der Waals surface area (Å²) in [5.74, 6) is -1.09. The second-order valence-electron chi connectivity index (χ2n) is 4.38. The molecule has 1 fully saturated rings. The number of carbonyl (C=O) groups is 2. The third-order valence-corrected chi connectivity index (χ3v) is 3.00. The third-order valence-electron chi connectivity index (χ3n) is 2.78. The van der Waals surface area contributed by atoms with Gasteiger partial charge >= 0.3 is 5.97 Å². The molecule has 1 aliphatic rings. The fourth-order valence-electron chi connectivity index (χ4n) is 1.94. The molecule has 1 rings (SSSR count). The Kier molecular flexibility index (Phi) is 4.77. The van der Waals surface area contributed by atoms with Gasteiger partial charge in [-0.05, 0) is 20.3 Å². The van der Waals surface area contributed by atoms with Crippen LogP contribution in [0.15, 0.2) is 0 Å². The largest absolute Gasteiger partial charge is 0.455 e. The van der Waals surface area contributed by atoms with Gasteiger partial charge in [0.05, 0.1) is 12.6 Å². The van der Waals surface area contributed by atoms with Crippen molar-refractivity contribution in [2.45, 2.75) is 39.0 Å². The first-order valence-electron chi connectivity index (χ1n) is 5.60. The Morgan fingerprint density at radius 1 is 1.53 bits per heavy atom. The maximum Gasteiger partial charge on any atom is 0.321 e. The van der Waals surface area contributed by atoms with E-state index in [0.717, 1.165) is 6.42 Å². The van der Waals surface area contributed by atoms with Crippen molar-refractivity contribution in [3.63, 3.8) is 0 Å². The maximum atomic E-state index is 12.0. The Hall–Kier alpha value is -0.810. The zero-order valence-corrected chi connectivity index (χ0v) is 11.1. The Morgan fingerprint density at radius 2 is 2.18 bits per heavy atom. The molecule has 0 aliphatic carbocycles. The molecule has 1 saturated heterocycles. The van der Waals surface area contributed by atoms with Crippen LogP contribution >= 0.6 is 11.6 Å². The second kappa shape index (κ2) is 5.69. The summed E-state index contributed by atoms with van der Waals surface area (Å²) in [6.45, 7) is 5.86. The number of rotatable bonds is 4. The Bertz CT molecular complexity index is 306. The van der Waals surface area contributed by atoms with Crippen molar-refractivity contribution in [3.05, 3.63) is 0 Å². The number of nitrogens with zero attached hydrogens (tertiary/aromatic N) is 1. The average Bonchev–Trinajstić information content (AvgIpc) is 2.60. The first-order chi connectivity index (χ1) is 7.92.